The van der Waals surface area contributed by atoms with E-state index in [2.05, 4.69) is 5.32 Å². The van der Waals surface area contributed by atoms with Gasteiger partial charge in [-0.1, -0.05) is 13.0 Å². The van der Waals surface area contributed by atoms with Crippen molar-refractivity contribution in [2.24, 2.45) is 0 Å². The van der Waals surface area contributed by atoms with Gasteiger partial charge in [0.2, 0.25) is 0 Å². The number of hydrogen-bond acceptors (Lipinski definition) is 3. The molecule has 0 aromatic heterocycles. The molecule has 4 heteroatoms. The summed E-state index contributed by atoms with van der Waals surface area (Å²) in [4.78, 5) is 0. The highest BCUT2D eigenvalue weighted by molar-refractivity contribution is 7.98. The molecule has 0 bridgehead atoms. The van der Waals surface area contributed by atoms with E-state index in [4.69, 9.17) is 4.74 Å². The Kier molecular flexibility index (Phi) is 6.26. The van der Waals surface area contributed by atoms with E-state index < -0.39 is 0 Å². The molecule has 0 aliphatic carbocycles. The second kappa shape index (κ2) is 7.52. The van der Waals surface area contributed by atoms with E-state index >= 15 is 0 Å². The van der Waals surface area contributed by atoms with Crippen molar-refractivity contribution >= 4 is 11.8 Å². The number of halogens is 1. The molecule has 0 unspecified atom stereocenters. The Bertz CT molecular complexity index is 320. The molecular formula is C12H18FNOS. The SMILES string of the molecule is CCNCc1ccc(OCCSC)c(F)c1. The topological polar surface area (TPSA) is 21.3 Å². The minimum Gasteiger partial charge on any atom is -0.490 e. The monoisotopic (exact) mass is 243 g/mol. The average molecular weight is 243 g/mol. The Morgan fingerprint density at radius 1 is 1.44 bits per heavy atom. The van der Waals surface area contributed by atoms with Crippen molar-refractivity contribution in [2.45, 2.75) is 13.5 Å². The van der Waals surface area contributed by atoms with Crippen molar-refractivity contribution in [2.75, 3.05) is 25.2 Å². The lowest BCUT2D eigenvalue weighted by Crippen LogP contribution is -2.12. The molecule has 0 spiro atoms. The molecule has 0 atom stereocenters. The van der Waals surface area contributed by atoms with Gasteiger partial charge in [0, 0.05) is 12.3 Å². The summed E-state index contributed by atoms with van der Waals surface area (Å²) in [5.41, 5.74) is 0.941. The largest absolute Gasteiger partial charge is 0.490 e. The van der Waals surface area contributed by atoms with Crippen LogP contribution in [0.15, 0.2) is 18.2 Å². The number of ether oxygens (including phenoxy) is 1. The van der Waals surface area contributed by atoms with Crippen LogP contribution in [0.3, 0.4) is 0 Å². The summed E-state index contributed by atoms with van der Waals surface area (Å²) in [6.45, 7) is 4.15. The number of rotatable bonds is 7. The van der Waals surface area contributed by atoms with Crippen LogP contribution in [0.25, 0.3) is 0 Å². The van der Waals surface area contributed by atoms with Crippen LogP contribution in [0.2, 0.25) is 0 Å². The Morgan fingerprint density at radius 3 is 2.88 bits per heavy atom. The summed E-state index contributed by atoms with van der Waals surface area (Å²) in [6, 6.07) is 5.11. The second-order valence-electron chi connectivity index (χ2n) is 3.39. The zero-order valence-electron chi connectivity index (χ0n) is 9.75. The van der Waals surface area contributed by atoms with Crippen molar-refractivity contribution in [1.29, 1.82) is 0 Å². The summed E-state index contributed by atoms with van der Waals surface area (Å²) in [5, 5.41) is 3.15. The summed E-state index contributed by atoms with van der Waals surface area (Å²) in [7, 11) is 0. The second-order valence-corrected chi connectivity index (χ2v) is 4.37. The molecule has 0 aliphatic heterocycles. The minimum absolute atomic E-state index is 0.281. The molecule has 1 aromatic carbocycles. The summed E-state index contributed by atoms with van der Waals surface area (Å²) < 4.78 is 18.9. The fourth-order valence-corrected chi connectivity index (χ4v) is 1.53. The molecule has 0 aliphatic rings. The van der Waals surface area contributed by atoms with Gasteiger partial charge < -0.3 is 10.1 Å². The van der Waals surface area contributed by atoms with E-state index in [-0.39, 0.29) is 5.82 Å². The molecular weight excluding hydrogens is 225 g/mol. The molecule has 0 saturated heterocycles. The van der Waals surface area contributed by atoms with Crippen molar-refractivity contribution in [1.82, 2.24) is 5.32 Å². The van der Waals surface area contributed by atoms with Gasteiger partial charge in [0.15, 0.2) is 11.6 Å². The third-order valence-electron chi connectivity index (χ3n) is 2.12. The molecule has 0 amide bonds. The van der Waals surface area contributed by atoms with Gasteiger partial charge in [0.05, 0.1) is 6.61 Å². The maximum absolute atomic E-state index is 13.5. The van der Waals surface area contributed by atoms with E-state index in [1.54, 1.807) is 17.8 Å². The highest BCUT2D eigenvalue weighted by Crippen LogP contribution is 2.18. The van der Waals surface area contributed by atoms with E-state index in [9.17, 15) is 4.39 Å². The predicted molar refractivity (Wildman–Crippen MR) is 67.7 cm³/mol. The molecule has 2 nitrogen and oxygen atoms in total. The Morgan fingerprint density at radius 2 is 2.25 bits per heavy atom. The van der Waals surface area contributed by atoms with Crippen molar-refractivity contribution < 1.29 is 9.13 Å². The molecule has 1 N–H and O–H groups in total. The highest BCUT2D eigenvalue weighted by atomic mass is 32.2. The predicted octanol–water partition coefficient (Wildman–Crippen LogP) is 2.68. The van der Waals surface area contributed by atoms with Gasteiger partial charge in [-0.3, -0.25) is 0 Å². The Labute approximate surface area is 101 Å². The lowest BCUT2D eigenvalue weighted by atomic mass is 10.2. The van der Waals surface area contributed by atoms with Crippen LogP contribution in [0.5, 0.6) is 5.75 Å². The fourth-order valence-electron chi connectivity index (χ4n) is 1.28. The first-order valence-corrected chi connectivity index (χ1v) is 6.78. The number of benzene rings is 1. The molecule has 0 radical (unpaired) electrons. The van der Waals surface area contributed by atoms with Crippen LogP contribution in [-0.4, -0.2) is 25.2 Å². The molecule has 0 fully saturated rings. The summed E-state index contributed by atoms with van der Waals surface area (Å²) in [5.74, 6) is 0.935. The van der Waals surface area contributed by atoms with Gasteiger partial charge in [0.1, 0.15) is 0 Å². The van der Waals surface area contributed by atoms with Crippen molar-refractivity contribution in [3.8, 4) is 5.75 Å². The molecule has 1 rings (SSSR count). The first-order valence-electron chi connectivity index (χ1n) is 5.38. The zero-order chi connectivity index (χ0) is 11.8. The molecule has 1 aromatic rings. The third kappa shape index (κ3) is 4.41. The average Bonchev–Trinajstić information content (AvgIpc) is 2.29. The van der Waals surface area contributed by atoms with Gasteiger partial charge in [-0.25, -0.2) is 4.39 Å². The lowest BCUT2D eigenvalue weighted by molar-refractivity contribution is 0.324. The molecule has 16 heavy (non-hydrogen) atoms. The van der Waals surface area contributed by atoms with Crippen LogP contribution < -0.4 is 10.1 Å². The number of nitrogens with one attached hydrogen (secondary N) is 1. The normalized spacial score (nSPS) is 10.4. The lowest BCUT2D eigenvalue weighted by Gasteiger charge is -2.08. The van der Waals surface area contributed by atoms with E-state index in [0.29, 0.717) is 18.9 Å². The third-order valence-corrected chi connectivity index (χ3v) is 2.70. The minimum atomic E-state index is -0.281. The van der Waals surface area contributed by atoms with Crippen LogP contribution in [0.1, 0.15) is 12.5 Å². The van der Waals surface area contributed by atoms with E-state index in [0.717, 1.165) is 17.9 Å². The van der Waals surface area contributed by atoms with E-state index in [1.165, 1.54) is 6.07 Å². The summed E-state index contributed by atoms with van der Waals surface area (Å²) >= 11 is 1.68. The van der Waals surface area contributed by atoms with Gasteiger partial charge in [0.25, 0.3) is 0 Å². The zero-order valence-corrected chi connectivity index (χ0v) is 10.6. The van der Waals surface area contributed by atoms with E-state index in [1.807, 2.05) is 19.2 Å². The van der Waals surface area contributed by atoms with Gasteiger partial charge >= 0.3 is 0 Å². The van der Waals surface area contributed by atoms with Gasteiger partial charge in [-0.2, -0.15) is 11.8 Å². The fraction of sp³-hybridized carbons (Fsp3) is 0.500. The van der Waals surface area contributed by atoms with Gasteiger partial charge in [-0.05, 0) is 30.5 Å². The van der Waals surface area contributed by atoms with Crippen molar-refractivity contribution in [3.63, 3.8) is 0 Å². The maximum Gasteiger partial charge on any atom is 0.165 e. The van der Waals surface area contributed by atoms with Gasteiger partial charge in [-0.15, -0.1) is 0 Å². The standard InChI is InChI=1S/C12H18FNOS/c1-3-14-9-10-4-5-12(11(13)8-10)15-6-7-16-2/h4-5,8,14H,3,6-7,9H2,1-2H3. The first-order chi connectivity index (χ1) is 7.77. The molecule has 90 valence electrons. The first kappa shape index (κ1) is 13.3. The summed E-state index contributed by atoms with van der Waals surface area (Å²) in [6.07, 6.45) is 2.00. The maximum atomic E-state index is 13.5. The molecule has 0 heterocycles. The number of thioether (sulfide) groups is 1. The Hall–Kier alpha value is -0.740. The molecule has 0 saturated carbocycles. The number of hydrogen-bond donors (Lipinski definition) is 1. The van der Waals surface area contributed by atoms with Crippen LogP contribution >= 0.6 is 11.8 Å². The van der Waals surface area contributed by atoms with Crippen LogP contribution in [0, 0.1) is 5.82 Å². The smallest absolute Gasteiger partial charge is 0.165 e. The van der Waals surface area contributed by atoms with Crippen molar-refractivity contribution in [3.05, 3.63) is 29.6 Å². The van der Waals surface area contributed by atoms with Crippen LogP contribution in [-0.2, 0) is 6.54 Å². The van der Waals surface area contributed by atoms with Crippen LogP contribution in [0.4, 0.5) is 4.39 Å². The Balaban J connectivity index is 2.53. The quantitative estimate of drug-likeness (QED) is 0.744. The highest BCUT2D eigenvalue weighted by Gasteiger charge is 2.04.